The van der Waals surface area contributed by atoms with Gasteiger partial charge < -0.3 is 82.6 Å². The van der Waals surface area contributed by atoms with Crippen LogP contribution in [0.1, 0.15) is 138 Å². The minimum atomic E-state index is -1.38. The van der Waals surface area contributed by atoms with Crippen molar-refractivity contribution < 1.29 is 96.4 Å². The van der Waals surface area contributed by atoms with Gasteiger partial charge in [0.2, 0.25) is 13.6 Å². The third-order valence-electron chi connectivity index (χ3n) is 24.5. The van der Waals surface area contributed by atoms with Crippen molar-refractivity contribution in [1.82, 2.24) is 30.7 Å². The third-order valence-corrected chi connectivity index (χ3v) is 27.5. The van der Waals surface area contributed by atoms with E-state index in [2.05, 4.69) is 49.4 Å². The lowest BCUT2D eigenvalue weighted by Gasteiger charge is -2.62. The van der Waals surface area contributed by atoms with Gasteiger partial charge in [-0.2, -0.15) is 10.5 Å². The van der Waals surface area contributed by atoms with E-state index in [0.29, 0.717) is 147 Å². The van der Waals surface area contributed by atoms with Crippen LogP contribution in [-0.4, -0.2) is 182 Å². The number of nitrogens with zero attached hydrogens (tertiary/aromatic N) is 5. The number of methoxy groups -OCH3 is 4. The fourth-order valence-corrected chi connectivity index (χ4v) is 23.6. The first-order valence-corrected chi connectivity index (χ1v) is 39.0. The number of ether oxygens (including phenoxy) is 12. The van der Waals surface area contributed by atoms with Gasteiger partial charge in [0.25, 0.3) is 0 Å². The molecule has 4 fully saturated rings. The predicted molar refractivity (Wildman–Crippen MR) is 400 cm³/mol. The number of rotatable bonds is 8. The lowest BCUT2D eigenvalue weighted by molar-refractivity contribution is -0.157. The second kappa shape index (κ2) is 27.7. The fraction of sp³-hybridized carbons (Fsp3) is 0.457. The van der Waals surface area contributed by atoms with E-state index in [1.165, 1.54) is 65.8 Å². The van der Waals surface area contributed by atoms with Gasteiger partial charge in [-0.1, -0.05) is 18.2 Å². The summed E-state index contributed by atoms with van der Waals surface area (Å²) in [6.45, 7) is 15.0. The number of hydrogen-bond donors (Lipinski definition) is 7. The topological polar surface area (TPSA) is 353 Å². The molecule has 28 nitrogen and oxygen atoms in total. The highest BCUT2D eigenvalue weighted by atomic mass is 32.2. The number of carbonyl (C=O) groups excluding carboxylic acids is 4. The Morgan fingerprint density at radius 3 is 1.53 bits per heavy atom. The lowest BCUT2D eigenvalue weighted by atomic mass is 9.71. The van der Waals surface area contributed by atoms with Crippen molar-refractivity contribution >= 4 is 47.4 Å². The SMILES string of the molecule is C=CCN1C2c3c(cc(C)c(OC)c3O)C[C@H]1[C@H](C#N)N1C2[C@@H]2SC[C@]3(NCCc4cc(O)c(OC)cc43)C(=O)OC[C@H]1c1c3c(c(C)c(OC(C)=O)c12)OCO3.COc1cc2c(cc1O)CCN[C@]21CS[C@@H]2c3c(OC(C)=O)c(C)c4c(c3[C@H](COC1=O)N1C2C2N[C@@H](Cc3cc(C)c(OC)c(O)c32)[C@@H]1C#N)OCO4. The molecule has 14 heterocycles. The summed E-state index contributed by atoms with van der Waals surface area (Å²) < 4.78 is 72.1. The van der Waals surface area contributed by atoms with Crippen LogP contribution in [0.4, 0.5) is 0 Å². The number of phenolic OH excluding ortho intramolecular Hbond substituents is 4. The van der Waals surface area contributed by atoms with E-state index in [1.54, 1.807) is 24.3 Å². The monoisotopic (exact) mass is 1550 g/mol. The summed E-state index contributed by atoms with van der Waals surface area (Å²) in [5.41, 5.74) is 8.62. The number of aryl methyl sites for hydroxylation is 2. The number of carbonyl (C=O) groups is 4. The Hall–Kier alpha value is -10.0. The zero-order valence-electron chi connectivity index (χ0n) is 62.7. The predicted octanol–water partition coefficient (Wildman–Crippen LogP) is 8.19. The minimum Gasteiger partial charge on any atom is -0.504 e. The highest BCUT2D eigenvalue weighted by Crippen LogP contribution is 2.67. The van der Waals surface area contributed by atoms with E-state index in [0.717, 1.165) is 33.4 Å². The van der Waals surface area contributed by atoms with Gasteiger partial charge in [0.1, 0.15) is 36.8 Å². The maximum atomic E-state index is 14.8. The summed E-state index contributed by atoms with van der Waals surface area (Å²) in [7, 11) is 5.98. The highest BCUT2D eigenvalue weighted by Gasteiger charge is 2.65. The number of hydrogen-bond acceptors (Lipinski definition) is 30. The molecule has 6 aromatic rings. The van der Waals surface area contributed by atoms with Crippen LogP contribution in [0.2, 0.25) is 0 Å². The van der Waals surface area contributed by atoms with Gasteiger partial charge in [0, 0.05) is 114 Å². The molecule has 0 amide bonds. The minimum absolute atomic E-state index is 0.0248. The second-order valence-electron chi connectivity index (χ2n) is 30.1. The molecule has 4 unspecified atom stereocenters. The number of piperazine rings is 2. The number of phenols is 4. The van der Waals surface area contributed by atoms with E-state index < -0.39 is 93.8 Å². The molecule has 14 aliphatic rings. The number of esters is 4. The molecule has 20 rings (SSSR count). The third kappa shape index (κ3) is 10.9. The van der Waals surface area contributed by atoms with Crippen LogP contribution in [-0.2, 0) is 65.4 Å². The maximum Gasteiger partial charge on any atom is 0.331 e. The number of aromatic hydroxyl groups is 4. The summed E-state index contributed by atoms with van der Waals surface area (Å²) in [5.74, 6) is 1.78. The van der Waals surface area contributed by atoms with Crippen molar-refractivity contribution in [2.75, 3.05) is 86.4 Å². The molecule has 30 heteroatoms. The normalized spacial score (nSPS) is 28.5. The number of benzene rings is 6. The molecule has 0 aliphatic carbocycles. The zero-order chi connectivity index (χ0) is 77.9. The summed E-state index contributed by atoms with van der Waals surface area (Å²) in [6.07, 6.45) is 3.85. The van der Waals surface area contributed by atoms with Crippen molar-refractivity contribution in [3.8, 4) is 92.6 Å². The number of thioether (sulfide) groups is 2. The van der Waals surface area contributed by atoms with Crippen LogP contribution in [0.25, 0.3) is 0 Å². The smallest absolute Gasteiger partial charge is 0.331 e. The molecule has 0 aromatic heterocycles. The largest absolute Gasteiger partial charge is 0.504 e. The number of fused-ring (bicyclic) bond motifs is 18. The molecule has 14 aliphatic heterocycles. The van der Waals surface area contributed by atoms with E-state index >= 15 is 0 Å². The molecule has 111 heavy (non-hydrogen) atoms. The molecule has 0 saturated carbocycles. The highest BCUT2D eigenvalue weighted by molar-refractivity contribution is 7.99. The van der Waals surface area contributed by atoms with E-state index in [1.807, 2.05) is 45.9 Å². The quantitative estimate of drug-likeness (QED) is 0.0429. The Morgan fingerprint density at radius 1 is 0.595 bits per heavy atom. The molecule has 6 aromatic carbocycles. The maximum absolute atomic E-state index is 14.8. The molecule has 4 saturated heterocycles. The van der Waals surface area contributed by atoms with E-state index in [-0.39, 0.29) is 84.9 Å². The van der Waals surface area contributed by atoms with Gasteiger partial charge in [0.15, 0.2) is 80.1 Å². The Morgan fingerprint density at radius 2 is 1.06 bits per heavy atom. The number of nitriles is 2. The standard InChI is InChI=1S/C42H44N4O10S.C39H40N4O10S/c1-7-10-45-25-12-23-11-19(2)36(52-6)35(49)30(23)33(45)34-40-32-31(39-38(54-18-55-39)20(3)37(32)56-21(4)47)27(46(34)26(25)15-43)16-53-41(50)42(17-57-40)24-14-29(51-5)28(48)13-22(24)8-9-44-42;1-16-8-20-9-22-23(12-40)43-24-13-50-38(47)39(21-11-26(48-4)25(45)10-19(21)6-7-41-39)14-54-37(31(43)30(42-22)27(20)32(46)33(16)49-5)29-28(24)36-35(51-15-52-36)17(2)34(29)53-18(3)44/h7,11,13-14,25-27,33-34,40,44,48-49H,1,8-10,12,16-18H2,2-6H3;8,10-11,22-24,30-31,37,41-42,45-46H,6-7,9,13-15H2,1-5H3/t25-,26-,27-,33?,34?,40+,42+;22-,23-,24-,30?,31?,37+,39+/m00/s1. The number of nitrogens with one attached hydrogen (secondary N) is 3. The van der Waals surface area contributed by atoms with Gasteiger partial charge in [-0.25, -0.2) is 9.59 Å². The summed E-state index contributed by atoms with van der Waals surface area (Å²) in [6, 6.07) is 10.1. The van der Waals surface area contributed by atoms with Crippen molar-refractivity contribution in [1.29, 1.82) is 10.5 Å². The van der Waals surface area contributed by atoms with Gasteiger partial charge >= 0.3 is 23.9 Å². The zero-order valence-corrected chi connectivity index (χ0v) is 64.4. The molecule has 8 bridgehead atoms. The van der Waals surface area contributed by atoms with E-state index in [9.17, 15) is 50.1 Å². The van der Waals surface area contributed by atoms with Crippen molar-refractivity contribution in [3.63, 3.8) is 0 Å². The van der Waals surface area contributed by atoms with E-state index in [4.69, 9.17) is 56.8 Å². The fourth-order valence-electron chi connectivity index (χ4n) is 20.2. The average Bonchev–Trinajstić information content (AvgIpc) is 1.43. The molecule has 580 valence electrons. The van der Waals surface area contributed by atoms with Crippen LogP contribution >= 0.6 is 23.5 Å². The molecular formula is C81H84N8O20S2. The Labute approximate surface area is 648 Å². The Kier molecular flexibility index (Phi) is 18.4. The van der Waals surface area contributed by atoms with Gasteiger partial charge in [-0.3, -0.25) is 34.9 Å². The summed E-state index contributed by atoms with van der Waals surface area (Å²) in [4.78, 5) is 61.9. The van der Waals surface area contributed by atoms with Gasteiger partial charge in [0.05, 0.1) is 75.2 Å². The first kappa shape index (κ1) is 73.8. The average molecular weight is 1550 g/mol. The van der Waals surface area contributed by atoms with Crippen molar-refractivity contribution in [2.45, 2.75) is 149 Å². The molecule has 14 atom stereocenters. The van der Waals surface area contributed by atoms with Gasteiger partial charge in [-0.15, -0.1) is 30.1 Å². The lowest BCUT2D eigenvalue weighted by Crippen LogP contribution is -2.70. The second-order valence-corrected chi connectivity index (χ2v) is 32.3. The summed E-state index contributed by atoms with van der Waals surface area (Å²) >= 11 is 2.94. The van der Waals surface area contributed by atoms with Crippen LogP contribution in [0.5, 0.6) is 80.5 Å². The van der Waals surface area contributed by atoms with Gasteiger partial charge in [-0.05, 0) is 122 Å². The molecular weight excluding hydrogens is 1470 g/mol. The van der Waals surface area contributed by atoms with Crippen LogP contribution in [0.3, 0.4) is 0 Å². The molecule has 7 N–H and O–H groups in total. The molecule has 0 radical (unpaired) electrons. The first-order chi connectivity index (χ1) is 53.5. The molecule has 2 spiro atoms. The Bertz CT molecular complexity index is 5100. The van der Waals surface area contributed by atoms with Crippen molar-refractivity contribution in [2.24, 2.45) is 0 Å². The van der Waals surface area contributed by atoms with Crippen molar-refractivity contribution in [3.05, 3.63) is 138 Å². The van der Waals surface area contributed by atoms with Crippen LogP contribution < -0.4 is 63.3 Å². The Balaban J connectivity index is 0.000000162. The van der Waals surface area contributed by atoms with Crippen LogP contribution in [0.15, 0.2) is 49.1 Å². The first-order valence-electron chi connectivity index (χ1n) is 36.9. The summed E-state index contributed by atoms with van der Waals surface area (Å²) in [5, 5.41) is 77.5. The van der Waals surface area contributed by atoms with Crippen LogP contribution in [0, 0.1) is 50.4 Å².